The van der Waals surface area contributed by atoms with Gasteiger partial charge in [0, 0.05) is 17.2 Å². The van der Waals surface area contributed by atoms with Crippen LogP contribution in [0.15, 0.2) is 53.0 Å². The van der Waals surface area contributed by atoms with Gasteiger partial charge in [-0.2, -0.15) is 0 Å². The van der Waals surface area contributed by atoms with Crippen LogP contribution >= 0.6 is 15.9 Å². The summed E-state index contributed by atoms with van der Waals surface area (Å²) in [5, 5.41) is 13.5. The van der Waals surface area contributed by atoms with Gasteiger partial charge in [0.05, 0.1) is 17.8 Å². The van der Waals surface area contributed by atoms with Gasteiger partial charge in [-0.05, 0) is 36.8 Å². The average molecular weight is 428 g/mol. The highest BCUT2D eigenvalue weighted by Gasteiger charge is 2.19. The lowest BCUT2D eigenvalue weighted by molar-refractivity contribution is -0.119. The maximum atomic E-state index is 12.7. The van der Waals surface area contributed by atoms with Crippen molar-refractivity contribution in [2.45, 2.75) is 13.3 Å². The minimum atomic E-state index is -0.377. The van der Waals surface area contributed by atoms with Gasteiger partial charge in [-0.25, -0.2) is 4.68 Å². The average Bonchev–Trinajstić information content (AvgIpc) is 3.04. The molecule has 8 heteroatoms. The summed E-state index contributed by atoms with van der Waals surface area (Å²) in [4.78, 5) is 24.4. The Morgan fingerprint density at radius 3 is 2.67 bits per heavy atom. The molecule has 0 aliphatic carbocycles. The van der Waals surface area contributed by atoms with Crippen LogP contribution in [0, 0.1) is 6.92 Å². The third kappa shape index (κ3) is 4.22. The monoisotopic (exact) mass is 427 g/mol. The summed E-state index contributed by atoms with van der Waals surface area (Å²) in [6.45, 7) is 1.78. The lowest BCUT2D eigenvalue weighted by atomic mass is 10.1. The van der Waals surface area contributed by atoms with Crippen molar-refractivity contribution in [3.8, 4) is 5.69 Å². The van der Waals surface area contributed by atoms with E-state index in [1.807, 2.05) is 30.3 Å². The second-order valence-corrected chi connectivity index (χ2v) is 6.79. The van der Waals surface area contributed by atoms with Gasteiger partial charge in [0.2, 0.25) is 5.91 Å². The van der Waals surface area contributed by atoms with Crippen LogP contribution in [0.4, 0.5) is 5.69 Å². The number of hydrogen-bond donors (Lipinski definition) is 2. The molecule has 0 atom stereocenters. The highest BCUT2D eigenvalue weighted by atomic mass is 79.9. The van der Waals surface area contributed by atoms with Crippen LogP contribution in [0.3, 0.4) is 0 Å². The molecule has 0 unspecified atom stereocenters. The second-order valence-electron chi connectivity index (χ2n) is 5.88. The molecule has 0 aliphatic rings. The van der Waals surface area contributed by atoms with Crippen LogP contribution in [-0.4, -0.2) is 33.9 Å². The smallest absolute Gasteiger partial charge is 0.278 e. The first-order chi connectivity index (χ1) is 13.0. The van der Waals surface area contributed by atoms with Crippen LogP contribution < -0.4 is 10.6 Å². The number of likely N-dealkylation sites (N-methyl/N-ethyl adjacent to an activating group) is 1. The molecule has 7 nitrogen and oxygen atoms in total. The summed E-state index contributed by atoms with van der Waals surface area (Å²) < 4.78 is 2.51. The topological polar surface area (TPSA) is 88.9 Å². The highest BCUT2D eigenvalue weighted by molar-refractivity contribution is 9.10. The van der Waals surface area contributed by atoms with Gasteiger partial charge in [-0.15, -0.1) is 5.10 Å². The molecule has 0 fully saturated rings. The van der Waals surface area contributed by atoms with E-state index in [0.29, 0.717) is 11.4 Å². The molecule has 0 saturated heterocycles. The van der Waals surface area contributed by atoms with Gasteiger partial charge in [0.15, 0.2) is 5.69 Å². The van der Waals surface area contributed by atoms with Gasteiger partial charge < -0.3 is 10.6 Å². The van der Waals surface area contributed by atoms with Crippen molar-refractivity contribution < 1.29 is 9.59 Å². The van der Waals surface area contributed by atoms with E-state index in [4.69, 9.17) is 0 Å². The molecule has 2 aromatic carbocycles. The third-order valence-electron chi connectivity index (χ3n) is 4.06. The molecule has 0 bridgehead atoms. The number of rotatable bonds is 5. The second kappa shape index (κ2) is 8.13. The first-order valence-corrected chi connectivity index (χ1v) is 9.07. The van der Waals surface area contributed by atoms with Gasteiger partial charge in [-0.3, -0.25) is 9.59 Å². The predicted molar refractivity (Wildman–Crippen MR) is 106 cm³/mol. The van der Waals surface area contributed by atoms with E-state index in [1.165, 1.54) is 0 Å². The van der Waals surface area contributed by atoms with Crippen molar-refractivity contribution in [3.05, 3.63) is 70.0 Å². The molecule has 3 rings (SSSR count). The van der Waals surface area contributed by atoms with Crippen molar-refractivity contribution in [3.63, 3.8) is 0 Å². The predicted octanol–water partition coefficient (Wildman–Crippen LogP) is 2.88. The summed E-state index contributed by atoms with van der Waals surface area (Å²) in [5.74, 6) is -0.508. The molecular weight excluding hydrogens is 410 g/mol. The van der Waals surface area contributed by atoms with Crippen LogP contribution in [-0.2, 0) is 11.2 Å². The summed E-state index contributed by atoms with van der Waals surface area (Å²) >= 11 is 3.42. The number of amides is 2. The third-order valence-corrected chi connectivity index (χ3v) is 4.55. The number of benzene rings is 2. The summed E-state index contributed by atoms with van der Waals surface area (Å²) in [5.41, 5.74) is 2.94. The van der Waals surface area contributed by atoms with Crippen molar-refractivity contribution in [2.24, 2.45) is 0 Å². The highest BCUT2D eigenvalue weighted by Crippen LogP contribution is 2.20. The summed E-state index contributed by atoms with van der Waals surface area (Å²) in [6.07, 6.45) is 0.177. The molecule has 2 amide bonds. The number of para-hydroxylation sites is 1. The molecule has 3 aromatic rings. The standard InChI is InChI=1S/C19H18BrN5O2/c1-12-18(23-24-25(12)15-8-5-7-14(20)11-15)19(27)22-16-9-4-3-6-13(16)10-17(26)21-2/h3-9,11H,10H2,1-2H3,(H,21,26)(H,22,27). The Bertz CT molecular complexity index is 999. The molecule has 0 aliphatic heterocycles. The maximum absolute atomic E-state index is 12.7. The fraction of sp³-hybridized carbons (Fsp3) is 0.158. The number of hydrogen-bond acceptors (Lipinski definition) is 4. The SMILES string of the molecule is CNC(=O)Cc1ccccc1NC(=O)c1nnn(-c2cccc(Br)c2)c1C. The maximum Gasteiger partial charge on any atom is 0.278 e. The molecule has 0 radical (unpaired) electrons. The molecular formula is C19H18BrN5O2. The number of halogens is 1. The minimum Gasteiger partial charge on any atom is -0.359 e. The lowest BCUT2D eigenvalue weighted by Gasteiger charge is -2.10. The Kier molecular flexibility index (Phi) is 5.66. The molecule has 1 aromatic heterocycles. The Labute approximate surface area is 164 Å². The van der Waals surface area contributed by atoms with E-state index >= 15 is 0 Å². The largest absolute Gasteiger partial charge is 0.359 e. The van der Waals surface area contributed by atoms with Crippen molar-refractivity contribution in [1.29, 1.82) is 0 Å². The van der Waals surface area contributed by atoms with Gasteiger partial charge in [0.1, 0.15) is 0 Å². The van der Waals surface area contributed by atoms with E-state index in [9.17, 15) is 9.59 Å². The van der Waals surface area contributed by atoms with Crippen molar-refractivity contribution in [2.75, 3.05) is 12.4 Å². The Morgan fingerprint density at radius 1 is 1.15 bits per heavy atom. The molecule has 1 heterocycles. The van der Waals surface area contributed by atoms with Crippen molar-refractivity contribution in [1.82, 2.24) is 20.3 Å². The zero-order chi connectivity index (χ0) is 19.4. The fourth-order valence-corrected chi connectivity index (χ4v) is 3.02. The summed E-state index contributed by atoms with van der Waals surface area (Å²) in [7, 11) is 1.58. The molecule has 138 valence electrons. The first kappa shape index (κ1) is 18.8. The first-order valence-electron chi connectivity index (χ1n) is 8.27. The number of carbonyl (C=O) groups excluding carboxylic acids is 2. The quantitative estimate of drug-likeness (QED) is 0.654. The number of nitrogens with zero attached hydrogens (tertiary/aromatic N) is 3. The van der Waals surface area contributed by atoms with Crippen LogP contribution in [0.1, 0.15) is 21.7 Å². The number of nitrogens with one attached hydrogen (secondary N) is 2. The lowest BCUT2D eigenvalue weighted by Crippen LogP contribution is -2.21. The van der Waals surface area contributed by atoms with Crippen LogP contribution in [0.5, 0.6) is 0 Å². The van der Waals surface area contributed by atoms with Crippen molar-refractivity contribution >= 4 is 33.4 Å². The Balaban J connectivity index is 1.85. The number of carbonyl (C=O) groups is 2. The Morgan fingerprint density at radius 2 is 1.93 bits per heavy atom. The molecule has 0 spiro atoms. The van der Waals surface area contributed by atoms with E-state index in [2.05, 4.69) is 36.9 Å². The Hall–Kier alpha value is -3.00. The molecule has 0 saturated carbocycles. The van der Waals surface area contributed by atoms with E-state index in [1.54, 1.807) is 36.9 Å². The normalized spacial score (nSPS) is 10.5. The number of anilines is 1. The van der Waals surface area contributed by atoms with Crippen LogP contribution in [0.25, 0.3) is 5.69 Å². The van der Waals surface area contributed by atoms with Crippen LogP contribution in [0.2, 0.25) is 0 Å². The zero-order valence-electron chi connectivity index (χ0n) is 14.9. The van der Waals surface area contributed by atoms with E-state index in [0.717, 1.165) is 15.7 Å². The summed E-state index contributed by atoms with van der Waals surface area (Å²) in [6, 6.07) is 14.7. The van der Waals surface area contributed by atoms with E-state index < -0.39 is 0 Å². The van der Waals surface area contributed by atoms with Gasteiger partial charge >= 0.3 is 0 Å². The fourth-order valence-electron chi connectivity index (χ4n) is 2.63. The molecule has 2 N–H and O–H groups in total. The van der Waals surface area contributed by atoms with Gasteiger partial charge in [-0.1, -0.05) is 45.4 Å². The zero-order valence-corrected chi connectivity index (χ0v) is 16.4. The molecule has 27 heavy (non-hydrogen) atoms. The van der Waals surface area contributed by atoms with Gasteiger partial charge in [0.25, 0.3) is 5.91 Å². The minimum absolute atomic E-state index is 0.131. The number of aromatic nitrogens is 3. The van der Waals surface area contributed by atoms with E-state index in [-0.39, 0.29) is 23.9 Å².